The maximum absolute atomic E-state index is 12.5. The number of hydrogen-bond donors (Lipinski definition) is 1. The van der Waals surface area contributed by atoms with Gasteiger partial charge in [-0.05, 0) is 38.1 Å². The number of amides is 1. The van der Waals surface area contributed by atoms with Crippen molar-refractivity contribution in [3.63, 3.8) is 0 Å². The second-order valence-electron chi connectivity index (χ2n) is 7.12. The summed E-state index contributed by atoms with van der Waals surface area (Å²) >= 11 is 1.43. The van der Waals surface area contributed by atoms with Gasteiger partial charge in [0.25, 0.3) is 5.91 Å². The van der Waals surface area contributed by atoms with Crippen molar-refractivity contribution < 1.29 is 4.79 Å². The standard InChI is InChI=1S/C19H22N4OS/c1-12-9-13(2)23(22-12)15-8-6-7-14(10-15)21-17(24)16-11-20-18(25-16)19(3,4)5/h6-11H,1-5H3,(H,21,24). The molecule has 6 heteroatoms. The normalized spacial score (nSPS) is 11.6. The first kappa shape index (κ1) is 17.4. The Balaban J connectivity index is 1.81. The molecular weight excluding hydrogens is 332 g/mol. The summed E-state index contributed by atoms with van der Waals surface area (Å²) in [5, 5.41) is 8.39. The number of nitrogens with zero attached hydrogens (tertiary/aromatic N) is 3. The Kier molecular flexibility index (Phi) is 4.47. The fourth-order valence-electron chi connectivity index (χ4n) is 2.52. The van der Waals surface area contributed by atoms with Crippen molar-refractivity contribution in [1.82, 2.24) is 14.8 Å². The molecule has 1 N–H and O–H groups in total. The summed E-state index contributed by atoms with van der Waals surface area (Å²) in [6.45, 7) is 10.2. The highest BCUT2D eigenvalue weighted by Crippen LogP contribution is 2.27. The summed E-state index contributed by atoms with van der Waals surface area (Å²) in [5.74, 6) is -0.140. The van der Waals surface area contributed by atoms with Gasteiger partial charge in [-0.3, -0.25) is 4.79 Å². The third-order valence-electron chi connectivity index (χ3n) is 3.73. The topological polar surface area (TPSA) is 59.8 Å². The minimum Gasteiger partial charge on any atom is -0.321 e. The number of nitrogens with one attached hydrogen (secondary N) is 1. The van der Waals surface area contributed by atoms with E-state index in [0.29, 0.717) is 4.88 Å². The van der Waals surface area contributed by atoms with Crippen LogP contribution in [-0.4, -0.2) is 20.7 Å². The molecule has 130 valence electrons. The Morgan fingerprint density at radius 1 is 1.20 bits per heavy atom. The van der Waals surface area contributed by atoms with Crippen molar-refractivity contribution >= 4 is 22.9 Å². The van der Waals surface area contributed by atoms with Gasteiger partial charge in [0, 0.05) is 16.8 Å². The smallest absolute Gasteiger partial charge is 0.267 e. The van der Waals surface area contributed by atoms with E-state index in [9.17, 15) is 4.79 Å². The monoisotopic (exact) mass is 354 g/mol. The molecule has 0 atom stereocenters. The number of benzene rings is 1. The Labute approximate surface area is 151 Å². The molecule has 1 aromatic carbocycles. The van der Waals surface area contributed by atoms with Crippen LogP contribution in [0.15, 0.2) is 36.5 Å². The van der Waals surface area contributed by atoms with Crippen LogP contribution in [-0.2, 0) is 5.41 Å². The molecule has 0 fully saturated rings. The van der Waals surface area contributed by atoms with Gasteiger partial charge in [-0.1, -0.05) is 26.8 Å². The number of aromatic nitrogens is 3. The zero-order chi connectivity index (χ0) is 18.2. The van der Waals surface area contributed by atoms with E-state index in [1.165, 1.54) is 11.3 Å². The fraction of sp³-hybridized carbons (Fsp3) is 0.316. The average Bonchev–Trinajstić information content (AvgIpc) is 3.14. The zero-order valence-corrected chi connectivity index (χ0v) is 15.9. The van der Waals surface area contributed by atoms with Gasteiger partial charge in [0.15, 0.2) is 0 Å². The van der Waals surface area contributed by atoms with Gasteiger partial charge in [0.1, 0.15) is 4.88 Å². The predicted octanol–water partition coefficient (Wildman–Crippen LogP) is 4.50. The van der Waals surface area contributed by atoms with E-state index in [1.54, 1.807) is 6.20 Å². The van der Waals surface area contributed by atoms with Gasteiger partial charge in [-0.25, -0.2) is 9.67 Å². The van der Waals surface area contributed by atoms with Crippen LogP contribution in [0.2, 0.25) is 0 Å². The van der Waals surface area contributed by atoms with E-state index in [2.05, 4.69) is 36.2 Å². The number of anilines is 1. The van der Waals surface area contributed by atoms with E-state index in [-0.39, 0.29) is 11.3 Å². The molecule has 0 saturated carbocycles. The molecule has 25 heavy (non-hydrogen) atoms. The number of thiazole rings is 1. The van der Waals surface area contributed by atoms with Crippen LogP contribution in [0.5, 0.6) is 0 Å². The summed E-state index contributed by atoms with van der Waals surface area (Å²) in [4.78, 5) is 17.5. The maximum Gasteiger partial charge on any atom is 0.267 e. The van der Waals surface area contributed by atoms with Crippen LogP contribution < -0.4 is 5.32 Å². The van der Waals surface area contributed by atoms with Crippen LogP contribution in [0.3, 0.4) is 0 Å². The lowest BCUT2D eigenvalue weighted by Crippen LogP contribution is -2.11. The predicted molar refractivity (Wildman–Crippen MR) is 102 cm³/mol. The van der Waals surface area contributed by atoms with Crippen molar-refractivity contribution in [2.75, 3.05) is 5.32 Å². The van der Waals surface area contributed by atoms with Crippen molar-refractivity contribution in [1.29, 1.82) is 0 Å². The van der Waals surface area contributed by atoms with Gasteiger partial charge in [0.2, 0.25) is 0 Å². The third kappa shape index (κ3) is 3.79. The van der Waals surface area contributed by atoms with Crippen LogP contribution >= 0.6 is 11.3 Å². The van der Waals surface area contributed by atoms with Crippen molar-refractivity contribution in [3.05, 3.63) is 57.8 Å². The molecule has 5 nitrogen and oxygen atoms in total. The lowest BCUT2D eigenvalue weighted by molar-refractivity contribution is 0.103. The highest BCUT2D eigenvalue weighted by Gasteiger charge is 2.20. The first-order valence-electron chi connectivity index (χ1n) is 8.15. The Hall–Kier alpha value is -2.47. The molecule has 1 amide bonds. The summed E-state index contributed by atoms with van der Waals surface area (Å²) in [6, 6.07) is 9.70. The van der Waals surface area contributed by atoms with Gasteiger partial charge < -0.3 is 5.32 Å². The zero-order valence-electron chi connectivity index (χ0n) is 15.1. The molecular formula is C19H22N4OS. The first-order chi connectivity index (χ1) is 11.7. The van der Waals surface area contributed by atoms with E-state index in [0.717, 1.165) is 27.8 Å². The Morgan fingerprint density at radius 2 is 1.96 bits per heavy atom. The second-order valence-corrected chi connectivity index (χ2v) is 8.15. The first-order valence-corrected chi connectivity index (χ1v) is 8.97. The number of hydrogen-bond acceptors (Lipinski definition) is 4. The molecule has 0 saturated heterocycles. The van der Waals surface area contributed by atoms with Crippen LogP contribution in [0.25, 0.3) is 5.69 Å². The average molecular weight is 354 g/mol. The van der Waals surface area contributed by atoms with Crippen molar-refractivity contribution in [2.24, 2.45) is 0 Å². The number of carbonyl (C=O) groups excluding carboxylic acids is 1. The molecule has 0 aliphatic rings. The van der Waals surface area contributed by atoms with Gasteiger partial charge in [-0.2, -0.15) is 5.10 Å². The molecule has 0 radical (unpaired) electrons. The number of carbonyl (C=O) groups is 1. The van der Waals surface area contributed by atoms with Crippen molar-refractivity contribution in [2.45, 2.75) is 40.0 Å². The Bertz CT molecular complexity index is 918. The highest BCUT2D eigenvalue weighted by molar-refractivity contribution is 7.13. The van der Waals surface area contributed by atoms with Gasteiger partial charge >= 0.3 is 0 Å². The van der Waals surface area contributed by atoms with E-state index in [1.807, 2.05) is 48.9 Å². The number of rotatable bonds is 3. The third-order valence-corrected chi connectivity index (χ3v) is 5.15. The molecule has 3 rings (SSSR count). The quantitative estimate of drug-likeness (QED) is 0.753. The SMILES string of the molecule is Cc1cc(C)n(-c2cccc(NC(=O)c3cnc(C(C)(C)C)s3)c2)n1. The largest absolute Gasteiger partial charge is 0.321 e. The molecule has 2 aromatic heterocycles. The molecule has 3 aromatic rings. The molecule has 0 unspecified atom stereocenters. The lowest BCUT2D eigenvalue weighted by atomic mass is 9.98. The van der Waals surface area contributed by atoms with E-state index < -0.39 is 0 Å². The molecule has 2 heterocycles. The van der Waals surface area contributed by atoms with Crippen LogP contribution in [0.1, 0.15) is 46.8 Å². The molecule has 0 aliphatic heterocycles. The molecule has 0 aliphatic carbocycles. The summed E-state index contributed by atoms with van der Waals surface area (Å²) in [7, 11) is 0. The second kappa shape index (κ2) is 6.44. The lowest BCUT2D eigenvalue weighted by Gasteiger charge is -2.13. The molecule has 0 bridgehead atoms. The van der Waals surface area contributed by atoms with Crippen LogP contribution in [0.4, 0.5) is 5.69 Å². The molecule has 0 spiro atoms. The summed E-state index contributed by atoms with van der Waals surface area (Å²) in [6.07, 6.45) is 1.64. The fourth-order valence-corrected chi connectivity index (χ4v) is 3.39. The van der Waals surface area contributed by atoms with Gasteiger partial charge in [0.05, 0.1) is 22.6 Å². The Morgan fingerprint density at radius 3 is 2.56 bits per heavy atom. The highest BCUT2D eigenvalue weighted by atomic mass is 32.1. The maximum atomic E-state index is 12.5. The minimum absolute atomic E-state index is 0.0570. The van der Waals surface area contributed by atoms with Crippen LogP contribution in [0, 0.1) is 13.8 Å². The minimum atomic E-state index is -0.140. The number of aryl methyl sites for hydroxylation is 2. The summed E-state index contributed by atoms with van der Waals surface area (Å²) in [5.41, 5.74) is 3.62. The summed E-state index contributed by atoms with van der Waals surface area (Å²) < 4.78 is 1.87. The van der Waals surface area contributed by atoms with Gasteiger partial charge in [-0.15, -0.1) is 11.3 Å². The van der Waals surface area contributed by atoms with Crippen molar-refractivity contribution in [3.8, 4) is 5.69 Å². The van der Waals surface area contributed by atoms with E-state index in [4.69, 9.17) is 0 Å². The van der Waals surface area contributed by atoms with E-state index >= 15 is 0 Å².